The van der Waals surface area contributed by atoms with E-state index in [2.05, 4.69) is 15.3 Å². The van der Waals surface area contributed by atoms with Crippen molar-refractivity contribution in [1.82, 2.24) is 19.9 Å². The highest BCUT2D eigenvalue weighted by molar-refractivity contribution is 7.11. The summed E-state index contributed by atoms with van der Waals surface area (Å²) in [5.41, 5.74) is 1.43. The van der Waals surface area contributed by atoms with Crippen LogP contribution in [-0.2, 0) is 17.8 Å². The van der Waals surface area contributed by atoms with Gasteiger partial charge in [-0.3, -0.25) is 14.2 Å². The third kappa shape index (κ3) is 3.07. The Morgan fingerprint density at radius 1 is 1.40 bits per heavy atom. The van der Waals surface area contributed by atoms with Gasteiger partial charge in [-0.2, -0.15) is 0 Å². The van der Waals surface area contributed by atoms with Crippen molar-refractivity contribution >= 4 is 28.1 Å². The highest BCUT2D eigenvalue weighted by Crippen LogP contribution is 2.32. The Morgan fingerprint density at radius 3 is 3.12 bits per heavy atom. The van der Waals surface area contributed by atoms with E-state index in [-0.39, 0.29) is 24.1 Å². The molecule has 2 heterocycles. The van der Waals surface area contributed by atoms with Crippen molar-refractivity contribution in [3.8, 4) is 0 Å². The Morgan fingerprint density at radius 2 is 2.24 bits per heavy atom. The molecule has 1 aliphatic rings. The molecule has 25 heavy (non-hydrogen) atoms. The van der Waals surface area contributed by atoms with Crippen molar-refractivity contribution in [3.63, 3.8) is 0 Å². The monoisotopic (exact) mass is 354 g/mol. The van der Waals surface area contributed by atoms with E-state index in [4.69, 9.17) is 0 Å². The molecule has 0 radical (unpaired) electrons. The molecule has 6 nitrogen and oxygen atoms in total. The highest BCUT2D eigenvalue weighted by Gasteiger charge is 2.25. The lowest BCUT2D eigenvalue weighted by Crippen LogP contribution is -2.36. The summed E-state index contributed by atoms with van der Waals surface area (Å²) in [6.45, 7) is 1.95. The second-order valence-corrected chi connectivity index (χ2v) is 7.54. The Bertz CT molecular complexity index is 1010. The van der Waals surface area contributed by atoms with Crippen LogP contribution in [0.15, 0.2) is 35.4 Å². The van der Waals surface area contributed by atoms with Crippen molar-refractivity contribution in [1.29, 1.82) is 0 Å². The minimum atomic E-state index is -0.199. The summed E-state index contributed by atoms with van der Waals surface area (Å²) in [6, 6.07) is 7.08. The number of carbonyl (C=O) groups is 1. The van der Waals surface area contributed by atoms with Gasteiger partial charge in [-0.1, -0.05) is 12.1 Å². The predicted molar refractivity (Wildman–Crippen MR) is 96.7 cm³/mol. The molecular formula is C18H18N4O2S. The largest absolute Gasteiger partial charge is 0.346 e. The zero-order valence-corrected chi connectivity index (χ0v) is 14.7. The number of aromatic nitrogens is 3. The SMILES string of the molecule is Cc1nc2c(s1)CCCC2NC(=O)Cn1cnc2ccccc2c1=O. The first-order valence-electron chi connectivity index (χ1n) is 8.31. The lowest BCUT2D eigenvalue weighted by Gasteiger charge is -2.22. The average Bonchev–Trinajstić information content (AvgIpc) is 2.99. The number of fused-ring (bicyclic) bond motifs is 2. The van der Waals surface area contributed by atoms with Gasteiger partial charge >= 0.3 is 0 Å². The first-order valence-corrected chi connectivity index (χ1v) is 9.13. The Balaban J connectivity index is 1.54. The fourth-order valence-electron chi connectivity index (χ4n) is 3.29. The molecule has 4 rings (SSSR count). The number of hydrogen-bond donors (Lipinski definition) is 1. The number of amides is 1. The third-order valence-electron chi connectivity index (χ3n) is 4.44. The lowest BCUT2D eigenvalue weighted by atomic mass is 9.97. The van der Waals surface area contributed by atoms with Gasteiger partial charge in [-0.25, -0.2) is 9.97 Å². The van der Waals surface area contributed by atoms with Gasteiger partial charge in [0.1, 0.15) is 6.54 Å². The molecule has 1 N–H and O–H groups in total. The number of para-hydroxylation sites is 1. The second-order valence-electron chi connectivity index (χ2n) is 6.25. The molecule has 2 aromatic heterocycles. The highest BCUT2D eigenvalue weighted by atomic mass is 32.1. The van der Waals surface area contributed by atoms with Crippen LogP contribution in [0.1, 0.15) is 34.5 Å². The molecule has 128 valence electrons. The molecule has 1 aromatic carbocycles. The topological polar surface area (TPSA) is 76.9 Å². The molecule has 7 heteroatoms. The van der Waals surface area contributed by atoms with E-state index in [1.54, 1.807) is 29.5 Å². The number of nitrogens with zero attached hydrogens (tertiary/aromatic N) is 3. The molecule has 0 aliphatic heterocycles. The van der Waals surface area contributed by atoms with Crippen LogP contribution in [0.3, 0.4) is 0 Å². The minimum Gasteiger partial charge on any atom is -0.346 e. The van der Waals surface area contributed by atoms with Crippen molar-refractivity contribution in [2.75, 3.05) is 0 Å². The van der Waals surface area contributed by atoms with E-state index in [0.717, 1.165) is 30.0 Å². The summed E-state index contributed by atoms with van der Waals surface area (Å²) >= 11 is 1.70. The summed E-state index contributed by atoms with van der Waals surface area (Å²) in [5, 5.41) is 4.58. The van der Waals surface area contributed by atoms with Gasteiger partial charge in [0.05, 0.1) is 34.0 Å². The van der Waals surface area contributed by atoms with Crippen molar-refractivity contribution < 1.29 is 4.79 Å². The maximum atomic E-state index is 12.5. The summed E-state index contributed by atoms with van der Waals surface area (Å²) in [4.78, 5) is 35.0. The van der Waals surface area contributed by atoms with Gasteiger partial charge in [0, 0.05) is 4.88 Å². The molecule has 0 bridgehead atoms. The Labute approximate surface area is 148 Å². The van der Waals surface area contributed by atoms with Crippen LogP contribution in [0.2, 0.25) is 0 Å². The number of rotatable bonds is 3. The van der Waals surface area contributed by atoms with E-state index < -0.39 is 0 Å². The van der Waals surface area contributed by atoms with Crippen LogP contribution in [0.25, 0.3) is 10.9 Å². The number of nitrogens with one attached hydrogen (secondary N) is 1. The number of thiazole rings is 1. The van der Waals surface area contributed by atoms with Crippen LogP contribution in [-0.4, -0.2) is 20.4 Å². The van der Waals surface area contributed by atoms with E-state index in [9.17, 15) is 9.59 Å². The summed E-state index contributed by atoms with van der Waals surface area (Å²) < 4.78 is 1.35. The van der Waals surface area contributed by atoms with Crippen molar-refractivity contribution in [2.45, 2.75) is 38.8 Å². The van der Waals surface area contributed by atoms with Gasteiger partial charge in [-0.15, -0.1) is 11.3 Å². The molecule has 1 unspecified atom stereocenters. The Hall–Kier alpha value is -2.54. The smallest absolute Gasteiger partial charge is 0.261 e. The van der Waals surface area contributed by atoms with Gasteiger partial charge in [0.2, 0.25) is 5.91 Å². The van der Waals surface area contributed by atoms with E-state index in [1.165, 1.54) is 15.8 Å². The first-order chi connectivity index (χ1) is 12.1. The standard InChI is InChI=1S/C18H18N4O2S/c1-11-20-17-14(7-4-8-15(17)25-11)21-16(23)9-22-10-19-13-6-3-2-5-12(13)18(22)24/h2-3,5-6,10,14H,4,7-9H2,1H3,(H,21,23). The van der Waals surface area contributed by atoms with Crippen molar-refractivity contribution in [3.05, 3.63) is 56.5 Å². The molecule has 0 saturated heterocycles. The van der Waals surface area contributed by atoms with E-state index in [1.807, 2.05) is 13.0 Å². The quantitative estimate of drug-likeness (QED) is 0.783. The van der Waals surface area contributed by atoms with Gasteiger partial charge < -0.3 is 5.32 Å². The maximum Gasteiger partial charge on any atom is 0.261 e. The third-order valence-corrected chi connectivity index (χ3v) is 5.49. The van der Waals surface area contributed by atoms with Crippen LogP contribution in [0, 0.1) is 6.92 Å². The van der Waals surface area contributed by atoms with Crippen LogP contribution >= 0.6 is 11.3 Å². The second kappa shape index (κ2) is 6.40. The molecule has 0 spiro atoms. The van der Waals surface area contributed by atoms with Crippen LogP contribution in [0.4, 0.5) is 0 Å². The summed E-state index contributed by atoms with van der Waals surface area (Å²) in [5.74, 6) is -0.192. The average molecular weight is 354 g/mol. The van der Waals surface area contributed by atoms with E-state index in [0.29, 0.717) is 10.9 Å². The zero-order chi connectivity index (χ0) is 17.4. The molecule has 1 amide bonds. The fourth-order valence-corrected chi connectivity index (χ4v) is 4.33. The fraction of sp³-hybridized carbons (Fsp3) is 0.333. The number of benzene rings is 1. The van der Waals surface area contributed by atoms with Gasteiger partial charge in [-0.05, 0) is 38.3 Å². The lowest BCUT2D eigenvalue weighted by molar-refractivity contribution is -0.122. The number of hydrogen-bond acceptors (Lipinski definition) is 5. The predicted octanol–water partition coefficient (Wildman–Crippen LogP) is 2.36. The summed E-state index contributed by atoms with van der Waals surface area (Å²) in [7, 11) is 0. The van der Waals surface area contributed by atoms with E-state index >= 15 is 0 Å². The molecule has 3 aromatic rings. The number of aryl methyl sites for hydroxylation is 2. The normalized spacial score (nSPS) is 16.6. The molecule has 0 fully saturated rings. The molecule has 0 saturated carbocycles. The molecule has 1 aliphatic carbocycles. The zero-order valence-electron chi connectivity index (χ0n) is 13.9. The van der Waals surface area contributed by atoms with Crippen LogP contribution < -0.4 is 10.9 Å². The first kappa shape index (κ1) is 16.0. The Kier molecular flexibility index (Phi) is 4.09. The minimum absolute atomic E-state index is 0.0361. The van der Waals surface area contributed by atoms with Crippen LogP contribution in [0.5, 0.6) is 0 Å². The van der Waals surface area contributed by atoms with Gasteiger partial charge in [0.15, 0.2) is 0 Å². The summed E-state index contributed by atoms with van der Waals surface area (Å²) in [6.07, 6.45) is 4.38. The molecular weight excluding hydrogens is 336 g/mol. The van der Waals surface area contributed by atoms with Crippen molar-refractivity contribution in [2.24, 2.45) is 0 Å². The van der Waals surface area contributed by atoms with Gasteiger partial charge in [0.25, 0.3) is 5.56 Å². The number of carbonyl (C=O) groups excluding carboxylic acids is 1. The molecule has 1 atom stereocenters. The maximum absolute atomic E-state index is 12.5.